The van der Waals surface area contributed by atoms with Crippen molar-refractivity contribution < 1.29 is 0 Å². The van der Waals surface area contributed by atoms with E-state index in [9.17, 15) is 0 Å². The number of hydrogen-bond donors (Lipinski definition) is 1. The Labute approximate surface area is 115 Å². The lowest BCUT2D eigenvalue weighted by Gasteiger charge is -2.45. The summed E-state index contributed by atoms with van der Waals surface area (Å²) in [5.74, 6) is 2.41. The smallest absolute Gasteiger partial charge is 0.0304 e. The molecule has 0 atom stereocenters. The van der Waals surface area contributed by atoms with Gasteiger partial charge in [-0.25, -0.2) is 0 Å². The second-order valence-electron chi connectivity index (χ2n) is 6.80. The van der Waals surface area contributed by atoms with Crippen molar-refractivity contribution in [2.24, 2.45) is 17.8 Å². The van der Waals surface area contributed by atoms with Gasteiger partial charge in [-0.3, -0.25) is 4.90 Å². The fourth-order valence-electron chi connectivity index (χ4n) is 3.41. The van der Waals surface area contributed by atoms with Gasteiger partial charge >= 0.3 is 0 Å². The van der Waals surface area contributed by atoms with Gasteiger partial charge in [0.2, 0.25) is 0 Å². The summed E-state index contributed by atoms with van der Waals surface area (Å²) in [6.07, 6.45) is 2.49. The second kappa shape index (κ2) is 6.91. The van der Waals surface area contributed by atoms with Crippen LogP contribution in [0.2, 0.25) is 0 Å². The molecule has 1 aliphatic rings. The lowest BCUT2D eigenvalue weighted by molar-refractivity contribution is 0.0870. The van der Waals surface area contributed by atoms with Gasteiger partial charge in [-0.15, -0.1) is 0 Å². The van der Waals surface area contributed by atoms with Crippen LogP contribution in [0, 0.1) is 17.8 Å². The zero-order chi connectivity index (χ0) is 13.8. The third-order valence-corrected chi connectivity index (χ3v) is 4.99. The van der Waals surface area contributed by atoms with Crippen LogP contribution in [0.4, 0.5) is 0 Å². The summed E-state index contributed by atoms with van der Waals surface area (Å²) in [5.41, 5.74) is 0.372. The summed E-state index contributed by atoms with van der Waals surface area (Å²) in [6, 6.07) is 0. The number of hydrogen-bond acceptors (Lipinski definition) is 2. The van der Waals surface area contributed by atoms with Crippen LogP contribution in [-0.4, -0.2) is 36.6 Å². The minimum atomic E-state index is 0.372. The Morgan fingerprint density at radius 2 is 1.61 bits per heavy atom. The molecule has 1 fully saturated rings. The Bertz CT molecular complexity index is 223. The molecular weight excluding hydrogens is 220 g/mol. The normalized spacial score (nSPS) is 21.2. The lowest BCUT2D eigenvalue weighted by atomic mass is 9.83. The van der Waals surface area contributed by atoms with Gasteiger partial charge in [-0.1, -0.05) is 41.5 Å². The molecule has 1 rings (SSSR count). The zero-order valence-electron chi connectivity index (χ0n) is 13.4. The highest BCUT2D eigenvalue weighted by atomic mass is 15.2. The molecule has 1 saturated heterocycles. The molecular formula is C16H34N2. The largest absolute Gasteiger partial charge is 0.309 e. The fraction of sp³-hybridized carbons (Fsp3) is 1.00. The molecule has 0 bridgehead atoms. The first-order valence-corrected chi connectivity index (χ1v) is 7.91. The molecule has 0 aromatic rings. The predicted octanol–water partition coefficient (Wildman–Crippen LogP) is 3.38. The van der Waals surface area contributed by atoms with Crippen LogP contribution < -0.4 is 5.32 Å². The summed E-state index contributed by atoms with van der Waals surface area (Å²) < 4.78 is 0. The molecule has 108 valence electrons. The van der Waals surface area contributed by atoms with Crippen LogP contribution in [0.3, 0.4) is 0 Å². The van der Waals surface area contributed by atoms with E-state index in [0.29, 0.717) is 5.54 Å². The Morgan fingerprint density at radius 1 is 1.06 bits per heavy atom. The van der Waals surface area contributed by atoms with Crippen molar-refractivity contribution in [2.45, 2.75) is 59.9 Å². The van der Waals surface area contributed by atoms with E-state index in [1.165, 1.54) is 32.5 Å². The molecule has 2 heteroatoms. The van der Waals surface area contributed by atoms with Crippen molar-refractivity contribution in [2.75, 3.05) is 26.2 Å². The molecule has 1 aliphatic heterocycles. The molecule has 1 heterocycles. The number of nitrogens with zero attached hydrogens (tertiary/aromatic N) is 1. The van der Waals surface area contributed by atoms with E-state index in [0.717, 1.165) is 24.3 Å². The average Bonchev–Trinajstić information content (AvgIpc) is 2.35. The maximum absolute atomic E-state index is 3.75. The zero-order valence-corrected chi connectivity index (χ0v) is 13.4. The highest BCUT2D eigenvalue weighted by molar-refractivity contribution is 4.93. The van der Waals surface area contributed by atoms with Gasteiger partial charge in [0, 0.05) is 31.7 Å². The Balaban J connectivity index is 2.61. The molecule has 0 unspecified atom stereocenters. The third kappa shape index (κ3) is 3.96. The molecule has 0 spiro atoms. The average molecular weight is 254 g/mol. The maximum Gasteiger partial charge on any atom is 0.0304 e. The number of nitrogens with one attached hydrogen (secondary N) is 1. The minimum Gasteiger partial charge on any atom is -0.309 e. The number of rotatable bonds is 6. The molecule has 0 aliphatic carbocycles. The van der Waals surface area contributed by atoms with Gasteiger partial charge in [-0.05, 0) is 30.6 Å². The molecule has 18 heavy (non-hydrogen) atoms. The van der Waals surface area contributed by atoms with Crippen molar-refractivity contribution >= 4 is 0 Å². The highest BCUT2D eigenvalue weighted by Gasteiger charge is 2.33. The van der Waals surface area contributed by atoms with Gasteiger partial charge in [0.05, 0.1) is 0 Å². The van der Waals surface area contributed by atoms with Crippen molar-refractivity contribution in [1.82, 2.24) is 10.2 Å². The Hall–Kier alpha value is -0.0800. The minimum absolute atomic E-state index is 0.372. The summed E-state index contributed by atoms with van der Waals surface area (Å²) >= 11 is 0. The molecule has 2 nitrogen and oxygen atoms in total. The van der Waals surface area contributed by atoms with E-state index in [2.05, 4.69) is 51.8 Å². The predicted molar refractivity (Wildman–Crippen MR) is 80.9 cm³/mol. The standard InChI is InChI=1S/C16H34N2/c1-7-16(8-2)12-18(10-9-17-16)11-15(13(3)4)14(5)6/h13-15,17H,7-12H2,1-6H3. The van der Waals surface area contributed by atoms with E-state index < -0.39 is 0 Å². The monoisotopic (exact) mass is 254 g/mol. The van der Waals surface area contributed by atoms with Gasteiger partial charge in [-0.2, -0.15) is 0 Å². The van der Waals surface area contributed by atoms with E-state index in [1.807, 2.05) is 0 Å². The quantitative estimate of drug-likeness (QED) is 0.782. The van der Waals surface area contributed by atoms with Crippen molar-refractivity contribution in [3.05, 3.63) is 0 Å². The molecule has 0 aromatic heterocycles. The second-order valence-corrected chi connectivity index (χ2v) is 6.80. The van der Waals surface area contributed by atoms with Crippen molar-refractivity contribution in [3.8, 4) is 0 Å². The van der Waals surface area contributed by atoms with E-state index in [4.69, 9.17) is 0 Å². The molecule has 1 N–H and O–H groups in total. The Morgan fingerprint density at radius 3 is 2.06 bits per heavy atom. The number of piperazine rings is 1. The van der Waals surface area contributed by atoms with Crippen LogP contribution in [0.5, 0.6) is 0 Å². The van der Waals surface area contributed by atoms with E-state index in [-0.39, 0.29) is 0 Å². The molecule has 0 saturated carbocycles. The van der Waals surface area contributed by atoms with Gasteiger partial charge in [0.15, 0.2) is 0 Å². The van der Waals surface area contributed by atoms with E-state index in [1.54, 1.807) is 0 Å². The fourth-order valence-corrected chi connectivity index (χ4v) is 3.41. The Kier molecular flexibility index (Phi) is 6.13. The highest BCUT2D eigenvalue weighted by Crippen LogP contribution is 2.25. The molecule has 0 radical (unpaired) electrons. The first kappa shape index (κ1) is 16.0. The summed E-state index contributed by atoms with van der Waals surface area (Å²) in [4.78, 5) is 2.70. The van der Waals surface area contributed by atoms with Gasteiger partial charge < -0.3 is 5.32 Å². The summed E-state index contributed by atoms with van der Waals surface area (Å²) in [7, 11) is 0. The molecule has 0 amide bonds. The maximum atomic E-state index is 3.75. The van der Waals surface area contributed by atoms with Crippen LogP contribution in [0.25, 0.3) is 0 Å². The van der Waals surface area contributed by atoms with Crippen molar-refractivity contribution in [3.63, 3.8) is 0 Å². The van der Waals surface area contributed by atoms with Crippen LogP contribution in [-0.2, 0) is 0 Å². The third-order valence-electron chi connectivity index (χ3n) is 4.99. The summed E-state index contributed by atoms with van der Waals surface area (Å²) in [6.45, 7) is 19.0. The van der Waals surface area contributed by atoms with Crippen LogP contribution in [0.1, 0.15) is 54.4 Å². The van der Waals surface area contributed by atoms with Gasteiger partial charge in [0.1, 0.15) is 0 Å². The van der Waals surface area contributed by atoms with E-state index >= 15 is 0 Å². The van der Waals surface area contributed by atoms with Gasteiger partial charge in [0.25, 0.3) is 0 Å². The summed E-state index contributed by atoms with van der Waals surface area (Å²) in [5, 5.41) is 3.75. The van der Waals surface area contributed by atoms with Crippen molar-refractivity contribution in [1.29, 1.82) is 0 Å². The first-order chi connectivity index (χ1) is 8.44. The van der Waals surface area contributed by atoms with Crippen LogP contribution >= 0.6 is 0 Å². The first-order valence-electron chi connectivity index (χ1n) is 7.91. The van der Waals surface area contributed by atoms with Crippen LogP contribution in [0.15, 0.2) is 0 Å². The lowest BCUT2D eigenvalue weighted by Crippen LogP contribution is -2.60. The molecule has 0 aromatic carbocycles. The topological polar surface area (TPSA) is 15.3 Å². The SMILES string of the molecule is CCC1(CC)CN(CC(C(C)C)C(C)C)CCN1.